The third-order valence-corrected chi connectivity index (χ3v) is 2.00. The zero-order valence-corrected chi connectivity index (χ0v) is 7.84. The highest BCUT2D eigenvalue weighted by Crippen LogP contribution is 2.13. The maximum atomic E-state index is 10.9. The van der Waals surface area contributed by atoms with Crippen LogP contribution >= 0.6 is 0 Å². The lowest BCUT2D eigenvalue weighted by molar-refractivity contribution is -0.416. The molecule has 70 valence electrons. The van der Waals surface area contributed by atoms with E-state index in [0.717, 1.165) is 21.2 Å². The molecule has 0 unspecified atom stereocenters. The fourth-order valence-corrected chi connectivity index (χ4v) is 1.43. The lowest BCUT2D eigenvalue weighted by atomic mass is 10.1. The summed E-state index contributed by atoms with van der Waals surface area (Å²) >= 11 is 0. The molecule has 0 radical (unpaired) electrons. The number of pyridine rings is 1. The molecule has 0 aliphatic heterocycles. The van der Waals surface area contributed by atoms with Crippen molar-refractivity contribution in [2.75, 3.05) is 7.05 Å². The number of benzene rings is 1. The van der Waals surface area contributed by atoms with Crippen LogP contribution in [-0.2, 0) is 0 Å². The van der Waals surface area contributed by atoms with Crippen LogP contribution < -0.4 is 0 Å². The van der Waals surface area contributed by atoms with Crippen molar-refractivity contribution < 1.29 is 4.74 Å². The summed E-state index contributed by atoms with van der Waals surface area (Å²) in [6.07, 6.45) is 3.25. The highest BCUT2D eigenvalue weighted by atomic mass is 16.5. The molecule has 0 fully saturated rings. The molecule has 0 bridgehead atoms. The van der Waals surface area contributed by atoms with E-state index in [1.807, 2.05) is 30.3 Å². The SMILES string of the molecule is C/[N+]([O-])=C\c1ccnc2ccccc12. The van der Waals surface area contributed by atoms with Gasteiger partial charge in [-0.05, 0) is 12.1 Å². The minimum Gasteiger partial charge on any atom is -0.624 e. The molecule has 3 heteroatoms. The molecule has 0 aliphatic carbocycles. The quantitative estimate of drug-likeness (QED) is 0.295. The van der Waals surface area contributed by atoms with Crippen LogP contribution in [0.3, 0.4) is 0 Å². The van der Waals surface area contributed by atoms with E-state index >= 15 is 0 Å². The van der Waals surface area contributed by atoms with E-state index < -0.39 is 0 Å². The van der Waals surface area contributed by atoms with Gasteiger partial charge in [-0.3, -0.25) is 4.98 Å². The Balaban J connectivity index is 2.71. The first-order valence-electron chi connectivity index (χ1n) is 4.36. The summed E-state index contributed by atoms with van der Waals surface area (Å²) in [4.78, 5) is 4.21. The molecule has 1 aromatic heterocycles. The van der Waals surface area contributed by atoms with Gasteiger partial charge in [0.15, 0.2) is 6.21 Å². The zero-order valence-electron chi connectivity index (χ0n) is 7.84. The summed E-state index contributed by atoms with van der Waals surface area (Å²) in [5.74, 6) is 0. The van der Waals surface area contributed by atoms with Crippen LogP contribution in [0.25, 0.3) is 10.9 Å². The van der Waals surface area contributed by atoms with Gasteiger partial charge in [-0.15, -0.1) is 0 Å². The molecular formula is C11H10N2O. The first-order chi connectivity index (χ1) is 6.77. The summed E-state index contributed by atoms with van der Waals surface area (Å²) in [6.45, 7) is 0. The molecule has 3 nitrogen and oxygen atoms in total. The molecule has 0 N–H and O–H groups in total. The topological polar surface area (TPSA) is 39.0 Å². The predicted octanol–water partition coefficient (Wildman–Crippen LogP) is 1.79. The molecule has 0 amide bonds. The molecule has 2 rings (SSSR count). The van der Waals surface area contributed by atoms with Crippen molar-refractivity contribution in [1.82, 2.24) is 4.98 Å². The number of aromatic nitrogens is 1. The van der Waals surface area contributed by atoms with Gasteiger partial charge in [0.25, 0.3) is 0 Å². The fourth-order valence-electron chi connectivity index (χ4n) is 1.43. The number of fused-ring (bicyclic) bond motifs is 1. The van der Waals surface area contributed by atoms with Crippen molar-refractivity contribution in [1.29, 1.82) is 0 Å². The van der Waals surface area contributed by atoms with Gasteiger partial charge in [-0.25, -0.2) is 4.74 Å². The largest absolute Gasteiger partial charge is 0.624 e. The summed E-state index contributed by atoms with van der Waals surface area (Å²) in [5, 5.41) is 11.9. The fraction of sp³-hybridized carbons (Fsp3) is 0.0909. The van der Waals surface area contributed by atoms with Crippen LogP contribution in [0.4, 0.5) is 0 Å². The number of hydroxylamine groups is 1. The third-order valence-electron chi connectivity index (χ3n) is 2.00. The number of hydrogen-bond donors (Lipinski definition) is 0. The molecule has 2 aromatic rings. The maximum Gasteiger partial charge on any atom is 0.182 e. The molecule has 0 atom stereocenters. The molecule has 0 spiro atoms. The van der Waals surface area contributed by atoms with E-state index in [-0.39, 0.29) is 0 Å². The van der Waals surface area contributed by atoms with Crippen LogP contribution in [-0.4, -0.2) is 23.0 Å². The maximum absolute atomic E-state index is 10.9. The van der Waals surface area contributed by atoms with E-state index in [1.54, 1.807) is 12.4 Å². The minimum atomic E-state index is 0.793. The summed E-state index contributed by atoms with van der Waals surface area (Å²) in [7, 11) is 1.47. The van der Waals surface area contributed by atoms with E-state index in [2.05, 4.69) is 4.98 Å². The normalized spacial score (nSPS) is 11.9. The highest BCUT2D eigenvalue weighted by molar-refractivity contribution is 5.96. The molecule has 1 heterocycles. The third kappa shape index (κ3) is 1.57. The van der Waals surface area contributed by atoms with Gasteiger partial charge in [-0.1, -0.05) is 18.2 Å². The zero-order chi connectivity index (χ0) is 9.97. The van der Waals surface area contributed by atoms with Gasteiger partial charge in [0.05, 0.1) is 5.52 Å². The Morgan fingerprint density at radius 2 is 2.07 bits per heavy atom. The lowest BCUT2D eigenvalue weighted by Crippen LogP contribution is -1.98. The Morgan fingerprint density at radius 1 is 1.29 bits per heavy atom. The number of nitrogens with zero attached hydrogens (tertiary/aromatic N) is 2. The van der Waals surface area contributed by atoms with Crippen LogP contribution in [0, 0.1) is 5.21 Å². The van der Waals surface area contributed by atoms with Gasteiger partial charge >= 0.3 is 0 Å². The van der Waals surface area contributed by atoms with Crippen molar-refractivity contribution in [3.05, 3.63) is 47.3 Å². The Bertz CT molecular complexity index is 482. The van der Waals surface area contributed by atoms with Crippen LogP contribution in [0.1, 0.15) is 5.56 Å². The molecule has 0 saturated carbocycles. The second-order valence-corrected chi connectivity index (χ2v) is 3.09. The summed E-state index contributed by atoms with van der Waals surface area (Å²) in [5.41, 5.74) is 1.80. The van der Waals surface area contributed by atoms with Crippen molar-refractivity contribution >= 4 is 17.1 Å². The molecular weight excluding hydrogens is 176 g/mol. The van der Waals surface area contributed by atoms with Crippen LogP contribution in [0.15, 0.2) is 36.5 Å². The van der Waals surface area contributed by atoms with Gasteiger partial charge in [0.1, 0.15) is 7.05 Å². The molecule has 0 aliphatic rings. The summed E-state index contributed by atoms with van der Waals surface area (Å²) < 4.78 is 0.793. The second kappa shape index (κ2) is 3.46. The van der Waals surface area contributed by atoms with Crippen molar-refractivity contribution in [3.8, 4) is 0 Å². The van der Waals surface area contributed by atoms with Gasteiger partial charge in [-0.2, -0.15) is 0 Å². The van der Waals surface area contributed by atoms with E-state index in [0.29, 0.717) is 0 Å². The Hall–Kier alpha value is -1.90. The van der Waals surface area contributed by atoms with Crippen molar-refractivity contribution in [2.24, 2.45) is 0 Å². The predicted molar refractivity (Wildman–Crippen MR) is 56.5 cm³/mol. The monoisotopic (exact) mass is 186 g/mol. The number of para-hydroxylation sites is 1. The van der Waals surface area contributed by atoms with Gasteiger partial charge in [0.2, 0.25) is 0 Å². The standard InChI is InChI=1S/C11H10N2O/c1-13(14)8-9-6-7-12-11-5-3-2-4-10(9)11/h2-8H,1H3/b13-8+. The van der Waals surface area contributed by atoms with E-state index in [9.17, 15) is 5.21 Å². The molecule has 1 aromatic carbocycles. The lowest BCUT2D eigenvalue weighted by Gasteiger charge is -2.00. The van der Waals surface area contributed by atoms with Crippen LogP contribution in [0.5, 0.6) is 0 Å². The first kappa shape index (κ1) is 8.69. The Labute approximate surface area is 81.9 Å². The average molecular weight is 186 g/mol. The Kier molecular flexibility index (Phi) is 2.14. The minimum absolute atomic E-state index is 0.793. The number of hydrogen-bond acceptors (Lipinski definition) is 2. The van der Waals surface area contributed by atoms with E-state index in [1.165, 1.54) is 7.05 Å². The van der Waals surface area contributed by atoms with Gasteiger partial charge < -0.3 is 5.21 Å². The first-order valence-corrected chi connectivity index (χ1v) is 4.36. The second-order valence-electron chi connectivity index (χ2n) is 3.09. The van der Waals surface area contributed by atoms with Gasteiger partial charge in [0, 0.05) is 17.1 Å². The van der Waals surface area contributed by atoms with Crippen molar-refractivity contribution in [2.45, 2.75) is 0 Å². The Morgan fingerprint density at radius 3 is 2.86 bits per heavy atom. The van der Waals surface area contributed by atoms with Crippen LogP contribution in [0.2, 0.25) is 0 Å². The molecule has 14 heavy (non-hydrogen) atoms. The number of rotatable bonds is 1. The average Bonchev–Trinajstić information content (AvgIpc) is 2.18. The van der Waals surface area contributed by atoms with E-state index in [4.69, 9.17) is 0 Å². The smallest absolute Gasteiger partial charge is 0.182 e. The highest BCUT2D eigenvalue weighted by Gasteiger charge is 2.00. The van der Waals surface area contributed by atoms with Crippen molar-refractivity contribution in [3.63, 3.8) is 0 Å². The summed E-state index contributed by atoms with van der Waals surface area (Å²) in [6, 6.07) is 9.58. The molecule has 0 saturated heterocycles.